The monoisotopic (exact) mass is 482 g/mol. The first kappa shape index (κ1) is 22.7. The van der Waals surface area contributed by atoms with Gasteiger partial charge < -0.3 is 9.47 Å². The molecular weight excluding hydrogens is 464 g/mol. The van der Waals surface area contributed by atoms with Gasteiger partial charge in [0.05, 0.1) is 29.0 Å². The zero-order chi connectivity index (χ0) is 23.7. The van der Waals surface area contributed by atoms with E-state index in [1.807, 2.05) is 0 Å². The number of fused-ring (bicyclic) bond motifs is 1. The van der Waals surface area contributed by atoms with E-state index in [0.717, 1.165) is 5.56 Å². The van der Waals surface area contributed by atoms with Crippen LogP contribution in [0.15, 0.2) is 69.6 Å². The molecule has 0 saturated carbocycles. The van der Waals surface area contributed by atoms with Gasteiger partial charge in [0.25, 0.3) is 5.56 Å². The Hall–Kier alpha value is -3.49. The first-order valence-corrected chi connectivity index (χ1v) is 11.1. The standard InChI is InChI=1S/C24H19ClN2O5S/c1-13-20(23(30)31-3)21(16-6-8-17(25)9-7-16)27-22(29)19(33-24(27)26-13)12-15-4-10-18(11-5-15)32-14(2)28/h4-12,21H,1-3H3/b19-12+. The molecule has 0 saturated heterocycles. The predicted octanol–water partition coefficient (Wildman–Crippen LogP) is 2.99. The molecule has 2 aromatic carbocycles. The van der Waals surface area contributed by atoms with E-state index < -0.39 is 18.0 Å². The number of carbonyl (C=O) groups is 2. The molecule has 1 atom stereocenters. The van der Waals surface area contributed by atoms with Crippen LogP contribution in [-0.4, -0.2) is 23.6 Å². The van der Waals surface area contributed by atoms with Crippen LogP contribution in [0, 0.1) is 0 Å². The van der Waals surface area contributed by atoms with Gasteiger partial charge in [-0.25, -0.2) is 9.79 Å². The molecule has 168 valence electrons. The maximum atomic E-state index is 13.5. The summed E-state index contributed by atoms with van der Waals surface area (Å²) in [6.45, 7) is 3.05. The van der Waals surface area contributed by atoms with Crippen molar-refractivity contribution in [3.63, 3.8) is 0 Å². The molecule has 0 spiro atoms. The Labute approximate surface area is 197 Å². The summed E-state index contributed by atoms with van der Waals surface area (Å²) in [5.41, 5.74) is 1.97. The molecule has 0 radical (unpaired) electrons. The highest BCUT2D eigenvalue weighted by atomic mass is 35.5. The maximum absolute atomic E-state index is 13.5. The Balaban J connectivity index is 1.87. The number of halogens is 1. The van der Waals surface area contributed by atoms with Crippen molar-refractivity contribution in [3.8, 4) is 5.75 Å². The molecule has 1 aromatic heterocycles. The lowest BCUT2D eigenvalue weighted by Gasteiger charge is -2.24. The lowest BCUT2D eigenvalue weighted by atomic mass is 9.96. The Bertz CT molecular complexity index is 1450. The molecule has 0 bridgehead atoms. The van der Waals surface area contributed by atoms with Crippen molar-refractivity contribution in [2.24, 2.45) is 4.99 Å². The Morgan fingerprint density at radius 3 is 2.39 bits per heavy atom. The fourth-order valence-electron chi connectivity index (χ4n) is 3.60. The first-order chi connectivity index (χ1) is 15.8. The summed E-state index contributed by atoms with van der Waals surface area (Å²) in [4.78, 5) is 42.2. The number of ether oxygens (including phenoxy) is 2. The zero-order valence-electron chi connectivity index (χ0n) is 18.0. The maximum Gasteiger partial charge on any atom is 0.338 e. The topological polar surface area (TPSA) is 87.0 Å². The summed E-state index contributed by atoms with van der Waals surface area (Å²) in [6, 6.07) is 13.1. The number of nitrogens with zero attached hydrogens (tertiary/aromatic N) is 2. The first-order valence-electron chi connectivity index (χ1n) is 9.93. The second-order valence-electron chi connectivity index (χ2n) is 7.29. The highest BCUT2D eigenvalue weighted by molar-refractivity contribution is 7.07. The summed E-state index contributed by atoms with van der Waals surface area (Å²) in [5, 5.41) is 0.545. The van der Waals surface area contributed by atoms with Crippen LogP contribution >= 0.6 is 22.9 Å². The smallest absolute Gasteiger partial charge is 0.338 e. The van der Waals surface area contributed by atoms with Crippen LogP contribution < -0.4 is 19.6 Å². The number of benzene rings is 2. The third kappa shape index (κ3) is 4.53. The van der Waals surface area contributed by atoms with Gasteiger partial charge in [0, 0.05) is 11.9 Å². The van der Waals surface area contributed by atoms with Gasteiger partial charge in [-0.05, 0) is 48.4 Å². The van der Waals surface area contributed by atoms with Crippen LogP contribution in [0.2, 0.25) is 5.02 Å². The normalized spacial score (nSPS) is 15.6. The molecule has 1 aliphatic heterocycles. The van der Waals surface area contributed by atoms with Gasteiger partial charge >= 0.3 is 11.9 Å². The van der Waals surface area contributed by atoms with Crippen molar-refractivity contribution >= 4 is 41.0 Å². The molecule has 4 rings (SSSR count). The number of rotatable bonds is 4. The molecule has 1 unspecified atom stereocenters. The molecule has 7 nitrogen and oxygen atoms in total. The van der Waals surface area contributed by atoms with E-state index in [-0.39, 0.29) is 5.56 Å². The average Bonchev–Trinajstić information content (AvgIpc) is 3.08. The number of hydrogen-bond donors (Lipinski definition) is 0. The summed E-state index contributed by atoms with van der Waals surface area (Å²) in [7, 11) is 1.30. The Morgan fingerprint density at radius 1 is 1.12 bits per heavy atom. The van der Waals surface area contributed by atoms with Crippen LogP contribution in [0.3, 0.4) is 0 Å². The van der Waals surface area contributed by atoms with Crippen molar-refractivity contribution < 1.29 is 19.1 Å². The third-order valence-corrected chi connectivity index (χ3v) is 6.29. The summed E-state index contributed by atoms with van der Waals surface area (Å²) < 4.78 is 12.0. The number of esters is 2. The van der Waals surface area contributed by atoms with Gasteiger partial charge in [-0.15, -0.1) is 0 Å². The van der Waals surface area contributed by atoms with E-state index >= 15 is 0 Å². The quantitative estimate of drug-likeness (QED) is 0.421. The highest BCUT2D eigenvalue weighted by Gasteiger charge is 2.33. The zero-order valence-corrected chi connectivity index (χ0v) is 19.6. The lowest BCUT2D eigenvalue weighted by Crippen LogP contribution is -2.39. The highest BCUT2D eigenvalue weighted by Crippen LogP contribution is 2.31. The van der Waals surface area contributed by atoms with Crippen LogP contribution in [0.1, 0.15) is 31.0 Å². The van der Waals surface area contributed by atoms with Gasteiger partial charge in [-0.2, -0.15) is 0 Å². The molecule has 33 heavy (non-hydrogen) atoms. The van der Waals surface area contributed by atoms with E-state index in [0.29, 0.717) is 36.9 Å². The van der Waals surface area contributed by atoms with Crippen LogP contribution in [-0.2, 0) is 14.3 Å². The number of methoxy groups -OCH3 is 1. The minimum atomic E-state index is -0.695. The largest absolute Gasteiger partial charge is 0.466 e. The minimum absolute atomic E-state index is 0.281. The molecule has 1 aliphatic rings. The predicted molar refractivity (Wildman–Crippen MR) is 125 cm³/mol. The van der Waals surface area contributed by atoms with Gasteiger partial charge in [0.1, 0.15) is 5.75 Å². The van der Waals surface area contributed by atoms with E-state index in [1.165, 1.54) is 29.9 Å². The van der Waals surface area contributed by atoms with Crippen LogP contribution in [0.4, 0.5) is 0 Å². The van der Waals surface area contributed by atoms with Gasteiger partial charge in [0.2, 0.25) is 0 Å². The summed E-state index contributed by atoms with van der Waals surface area (Å²) in [5.74, 6) is -0.538. The number of thiazole rings is 1. The van der Waals surface area contributed by atoms with Crippen molar-refractivity contribution in [3.05, 3.63) is 95.6 Å². The van der Waals surface area contributed by atoms with Gasteiger partial charge in [-0.1, -0.05) is 47.2 Å². The third-order valence-electron chi connectivity index (χ3n) is 5.05. The second-order valence-corrected chi connectivity index (χ2v) is 8.73. The molecule has 0 N–H and O–H groups in total. The fourth-order valence-corrected chi connectivity index (χ4v) is 4.78. The number of carbonyl (C=O) groups excluding carboxylic acids is 2. The average molecular weight is 483 g/mol. The SMILES string of the molecule is COC(=O)C1=C(C)N=c2s/c(=C/c3ccc(OC(C)=O)cc3)c(=O)n2C1c1ccc(Cl)cc1. The Kier molecular flexibility index (Phi) is 6.31. The second kappa shape index (κ2) is 9.17. The molecular formula is C24H19ClN2O5S. The molecule has 3 aromatic rings. The summed E-state index contributed by atoms with van der Waals surface area (Å²) >= 11 is 7.28. The van der Waals surface area contributed by atoms with E-state index in [9.17, 15) is 14.4 Å². The molecule has 0 amide bonds. The lowest BCUT2D eigenvalue weighted by molar-refractivity contribution is -0.136. The summed E-state index contributed by atoms with van der Waals surface area (Å²) in [6.07, 6.45) is 1.73. The van der Waals surface area contributed by atoms with E-state index in [4.69, 9.17) is 21.1 Å². The number of hydrogen-bond acceptors (Lipinski definition) is 7. The van der Waals surface area contributed by atoms with Crippen molar-refractivity contribution in [2.45, 2.75) is 19.9 Å². The molecule has 2 heterocycles. The number of allylic oxidation sites excluding steroid dienone is 1. The van der Waals surface area contributed by atoms with Crippen molar-refractivity contribution in [1.29, 1.82) is 0 Å². The molecule has 0 aliphatic carbocycles. The van der Waals surface area contributed by atoms with Crippen molar-refractivity contribution in [2.75, 3.05) is 7.11 Å². The molecule has 0 fully saturated rings. The van der Waals surface area contributed by atoms with E-state index in [2.05, 4.69) is 4.99 Å². The van der Waals surface area contributed by atoms with Crippen LogP contribution in [0.5, 0.6) is 5.75 Å². The van der Waals surface area contributed by atoms with Gasteiger partial charge in [-0.3, -0.25) is 14.2 Å². The minimum Gasteiger partial charge on any atom is -0.466 e. The number of aromatic nitrogens is 1. The molecule has 9 heteroatoms. The van der Waals surface area contributed by atoms with Gasteiger partial charge in [0.15, 0.2) is 4.80 Å². The fraction of sp³-hybridized carbons (Fsp3) is 0.167. The van der Waals surface area contributed by atoms with E-state index in [1.54, 1.807) is 61.5 Å². The Morgan fingerprint density at radius 2 is 1.79 bits per heavy atom. The van der Waals surface area contributed by atoms with Crippen molar-refractivity contribution in [1.82, 2.24) is 4.57 Å². The van der Waals surface area contributed by atoms with Crippen LogP contribution in [0.25, 0.3) is 6.08 Å².